The highest BCUT2D eigenvalue weighted by Crippen LogP contribution is 2.48. The minimum Gasteiger partial charge on any atom is -0.482 e. The summed E-state index contributed by atoms with van der Waals surface area (Å²) in [5.41, 5.74) is 2.25. The van der Waals surface area contributed by atoms with E-state index in [0.717, 1.165) is 95.5 Å². The maximum atomic E-state index is 13.7. The highest BCUT2D eigenvalue weighted by atomic mass is 127. The van der Waals surface area contributed by atoms with Gasteiger partial charge in [-0.15, -0.1) is 0 Å². The smallest absolute Gasteiger partial charge is 0.341 e. The number of fused-ring (bicyclic) bond motifs is 2. The van der Waals surface area contributed by atoms with Crippen LogP contribution in [0.1, 0.15) is 114 Å². The number of amides is 1. The molecule has 258 valence electrons. The predicted molar refractivity (Wildman–Crippen MR) is 187 cm³/mol. The molecule has 0 radical (unpaired) electrons. The number of rotatable bonds is 19. The third-order valence-corrected chi connectivity index (χ3v) is 11.5. The highest BCUT2D eigenvalue weighted by Gasteiger charge is 2.45. The van der Waals surface area contributed by atoms with Crippen LogP contribution in [0.3, 0.4) is 0 Å². The molecule has 0 heterocycles. The van der Waals surface area contributed by atoms with Crippen molar-refractivity contribution < 1.29 is 34.1 Å². The van der Waals surface area contributed by atoms with Gasteiger partial charge >= 0.3 is 11.9 Å². The molecular formula is C37H56INO7. The fraction of sp³-hybridized carbons (Fsp3) is 0.757. The van der Waals surface area contributed by atoms with Crippen LogP contribution in [-0.2, 0) is 32.0 Å². The number of halogens is 1. The van der Waals surface area contributed by atoms with Gasteiger partial charge < -0.3 is 25.0 Å². The Morgan fingerprint density at radius 3 is 2.54 bits per heavy atom. The van der Waals surface area contributed by atoms with Gasteiger partial charge in [0.15, 0.2) is 6.61 Å². The SMILES string of the molecule is CCCCC[C@@H](CC[C@@H]1[C@H]2Cc3cccc(OCC(=O)O)c3C[C@H]2C[C@H]1O)OC(=O)C1CCCCC1C(=O)NCCCCCCI. The summed E-state index contributed by atoms with van der Waals surface area (Å²) in [6, 6.07) is 5.86. The van der Waals surface area contributed by atoms with Gasteiger partial charge in [0.25, 0.3) is 0 Å². The summed E-state index contributed by atoms with van der Waals surface area (Å²) < 4.78 is 13.0. The van der Waals surface area contributed by atoms with E-state index in [4.69, 9.17) is 14.6 Å². The number of aliphatic carboxylic acids is 1. The number of aliphatic hydroxyl groups is 1. The molecule has 7 atom stereocenters. The minimum atomic E-state index is -0.993. The number of carbonyl (C=O) groups excluding carboxylic acids is 2. The molecule has 1 aromatic rings. The van der Waals surface area contributed by atoms with E-state index < -0.39 is 12.1 Å². The number of alkyl halides is 1. The van der Waals surface area contributed by atoms with Crippen LogP contribution in [0.25, 0.3) is 0 Å². The van der Waals surface area contributed by atoms with E-state index in [-0.39, 0.29) is 42.3 Å². The van der Waals surface area contributed by atoms with Gasteiger partial charge in [-0.25, -0.2) is 4.79 Å². The maximum absolute atomic E-state index is 13.7. The Morgan fingerprint density at radius 2 is 1.78 bits per heavy atom. The zero-order valence-corrected chi connectivity index (χ0v) is 29.9. The van der Waals surface area contributed by atoms with Gasteiger partial charge in [-0.1, -0.05) is 80.2 Å². The van der Waals surface area contributed by atoms with Crippen molar-refractivity contribution in [3.8, 4) is 5.75 Å². The van der Waals surface area contributed by atoms with Crippen molar-refractivity contribution >= 4 is 40.4 Å². The lowest BCUT2D eigenvalue weighted by Gasteiger charge is -2.33. The average Bonchev–Trinajstić information content (AvgIpc) is 3.36. The summed E-state index contributed by atoms with van der Waals surface area (Å²) in [6.45, 7) is 2.48. The van der Waals surface area contributed by atoms with Crippen molar-refractivity contribution in [3.05, 3.63) is 29.3 Å². The Hall–Kier alpha value is -1.88. The van der Waals surface area contributed by atoms with Crippen LogP contribution in [-0.4, -0.2) is 57.8 Å². The maximum Gasteiger partial charge on any atom is 0.341 e. The third-order valence-electron chi connectivity index (χ3n) is 10.7. The molecule has 1 amide bonds. The summed E-state index contributed by atoms with van der Waals surface area (Å²) in [5, 5.41) is 23.4. The van der Waals surface area contributed by atoms with E-state index in [0.29, 0.717) is 30.6 Å². The molecule has 2 fully saturated rings. The Labute approximate surface area is 289 Å². The highest BCUT2D eigenvalue weighted by molar-refractivity contribution is 14.1. The lowest BCUT2D eigenvalue weighted by atomic mass is 9.73. The molecule has 3 N–H and O–H groups in total. The van der Waals surface area contributed by atoms with Crippen molar-refractivity contribution in [2.75, 3.05) is 17.6 Å². The Bertz CT molecular complexity index is 1130. The first-order chi connectivity index (χ1) is 22.3. The Kier molecular flexibility index (Phi) is 15.4. The number of ether oxygens (including phenoxy) is 2. The van der Waals surface area contributed by atoms with Crippen molar-refractivity contribution in [3.63, 3.8) is 0 Å². The lowest BCUT2D eigenvalue weighted by molar-refractivity contribution is -0.160. The number of nitrogens with one attached hydrogen (secondary N) is 1. The summed E-state index contributed by atoms with van der Waals surface area (Å²) in [4.78, 5) is 37.9. The van der Waals surface area contributed by atoms with Crippen LogP contribution in [0.4, 0.5) is 0 Å². The van der Waals surface area contributed by atoms with Gasteiger partial charge in [-0.05, 0) is 110 Å². The fourth-order valence-electron chi connectivity index (χ4n) is 8.24. The first-order valence-corrected chi connectivity index (χ1v) is 19.5. The van der Waals surface area contributed by atoms with E-state index in [1.54, 1.807) is 0 Å². The molecule has 0 aromatic heterocycles. The van der Waals surface area contributed by atoms with Crippen LogP contribution in [0, 0.1) is 29.6 Å². The molecule has 8 nitrogen and oxygen atoms in total. The number of carboxylic acid groups (broad SMARTS) is 1. The van der Waals surface area contributed by atoms with Gasteiger partial charge in [0, 0.05) is 6.54 Å². The standard InChI is InChI=1S/C37H56INO7/c1-2-3-6-13-27(46-37(44)30-15-8-7-14-29(30)36(43)39-20-10-5-4-9-19-38)17-18-28-31-21-25-12-11-16-34(45-24-35(41)42)32(25)22-26(31)23-33(28)40/h11-12,16,26-31,33,40H,2-10,13-15,17-24H2,1H3,(H,39,43)(H,41,42)/t26-,27-,28+,29?,30?,31-,33+/m0/s1. The first kappa shape index (κ1) is 36.9. The molecule has 3 aliphatic carbocycles. The zero-order chi connectivity index (χ0) is 32.9. The predicted octanol–water partition coefficient (Wildman–Crippen LogP) is 7.05. The Balaban J connectivity index is 1.35. The number of esters is 1. The molecule has 1 aromatic carbocycles. The van der Waals surface area contributed by atoms with Crippen LogP contribution in [0.5, 0.6) is 5.75 Å². The fourth-order valence-corrected chi connectivity index (χ4v) is 8.77. The van der Waals surface area contributed by atoms with Gasteiger partial charge in [0.05, 0.1) is 17.9 Å². The number of carbonyl (C=O) groups is 3. The average molecular weight is 754 g/mol. The first-order valence-electron chi connectivity index (χ1n) is 18.0. The second-order valence-electron chi connectivity index (χ2n) is 13.9. The molecule has 2 unspecified atom stereocenters. The van der Waals surface area contributed by atoms with Crippen LogP contribution in [0.15, 0.2) is 18.2 Å². The van der Waals surface area contributed by atoms with Gasteiger partial charge in [0.1, 0.15) is 11.9 Å². The van der Waals surface area contributed by atoms with E-state index in [2.05, 4.69) is 40.9 Å². The third kappa shape index (κ3) is 10.6. The number of unbranched alkanes of at least 4 members (excludes halogenated alkanes) is 5. The number of aliphatic hydroxyl groups excluding tert-OH is 1. The van der Waals surface area contributed by atoms with Crippen molar-refractivity contribution in [1.29, 1.82) is 0 Å². The van der Waals surface area contributed by atoms with E-state index in [1.807, 2.05) is 12.1 Å². The number of benzene rings is 1. The normalized spacial score (nSPS) is 26.1. The summed E-state index contributed by atoms with van der Waals surface area (Å²) in [5.74, 6) is -0.479. The van der Waals surface area contributed by atoms with Gasteiger partial charge in [-0.3, -0.25) is 9.59 Å². The second-order valence-corrected chi connectivity index (χ2v) is 15.0. The number of hydrogen-bond donors (Lipinski definition) is 3. The monoisotopic (exact) mass is 753 g/mol. The van der Waals surface area contributed by atoms with Gasteiger partial charge in [-0.2, -0.15) is 0 Å². The summed E-state index contributed by atoms with van der Waals surface area (Å²) >= 11 is 2.40. The molecular weight excluding hydrogens is 697 g/mol. The molecule has 9 heteroatoms. The van der Waals surface area contributed by atoms with Crippen LogP contribution >= 0.6 is 22.6 Å². The second kappa shape index (κ2) is 19.2. The van der Waals surface area contributed by atoms with Gasteiger partial charge in [0.2, 0.25) is 5.91 Å². The lowest BCUT2D eigenvalue weighted by Crippen LogP contribution is -2.41. The number of carboxylic acids is 1. The van der Waals surface area contributed by atoms with Crippen molar-refractivity contribution in [1.82, 2.24) is 5.32 Å². The molecule has 0 saturated heterocycles. The molecule has 3 aliphatic rings. The molecule has 0 bridgehead atoms. The van der Waals surface area contributed by atoms with E-state index in [9.17, 15) is 19.5 Å². The summed E-state index contributed by atoms with van der Waals surface area (Å²) in [7, 11) is 0. The quantitative estimate of drug-likeness (QED) is 0.0599. The van der Waals surface area contributed by atoms with E-state index in [1.165, 1.54) is 22.8 Å². The van der Waals surface area contributed by atoms with E-state index >= 15 is 0 Å². The summed E-state index contributed by atoms with van der Waals surface area (Å²) in [6.07, 6.45) is 15.1. The van der Waals surface area contributed by atoms with Crippen molar-refractivity contribution in [2.45, 2.75) is 128 Å². The van der Waals surface area contributed by atoms with Crippen LogP contribution < -0.4 is 10.1 Å². The van der Waals surface area contributed by atoms with Crippen LogP contribution in [0.2, 0.25) is 0 Å². The Morgan fingerprint density at radius 1 is 1.00 bits per heavy atom. The number of hydrogen-bond acceptors (Lipinski definition) is 6. The van der Waals surface area contributed by atoms with Crippen molar-refractivity contribution in [2.24, 2.45) is 29.6 Å². The zero-order valence-electron chi connectivity index (χ0n) is 27.7. The largest absolute Gasteiger partial charge is 0.482 e. The molecule has 0 spiro atoms. The molecule has 4 rings (SSSR count). The topological polar surface area (TPSA) is 122 Å². The molecule has 46 heavy (non-hydrogen) atoms. The minimum absolute atomic E-state index is 0.00675. The molecule has 2 saturated carbocycles. The molecule has 0 aliphatic heterocycles.